The van der Waals surface area contributed by atoms with Crippen molar-refractivity contribution in [1.82, 2.24) is 0 Å². The van der Waals surface area contributed by atoms with Crippen molar-refractivity contribution in [2.45, 2.75) is 135 Å². The molecule has 3 nitrogen and oxygen atoms in total. The van der Waals surface area contributed by atoms with E-state index < -0.39 is 0 Å². The molecule has 0 saturated heterocycles. The minimum absolute atomic E-state index is 0.333. The lowest BCUT2D eigenvalue weighted by atomic mass is 10.1. The predicted octanol–water partition coefficient (Wildman–Crippen LogP) is 8.97. The highest BCUT2D eigenvalue weighted by Crippen LogP contribution is 2.14. The molecule has 0 rings (SSSR count). The Kier molecular flexibility index (Phi) is 27.0. The number of hydrogen-bond acceptors (Lipinski definition) is 5. The molecule has 0 fully saturated rings. The van der Waals surface area contributed by atoms with Crippen LogP contribution in [0.1, 0.15) is 135 Å². The maximum absolute atomic E-state index is 11.8. The van der Waals surface area contributed by atoms with E-state index in [0.29, 0.717) is 12.8 Å². The molecule has 190 valence electrons. The van der Waals surface area contributed by atoms with Crippen LogP contribution in [0.2, 0.25) is 0 Å². The number of carbonyl (C=O) groups excluding carboxylic acids is 2. The van der Waals surface area contributed by atoms with Crippen LogP contribution in [-0.4, -0.2) is 35.5 Å². The van der Waals surface area contributed by atoms with Crippen molar-refractivity contribution >= 4 is 35.5 Å². The molecule has 0 heterocycles. The highest BCUT2D eigenvalue weighted by Gasteiger charge is 2.09. The first-order valence-electron chi connectivity index (χ1n) is 13.5. The first-order chi connectivity index (χ1) is 15.7. The summed E-state index contributed by atoms with van der Waals surface area (Å²) in [5, 5.41) is 0. The Balaban J connectivity index is 3.28. The van der Waals surface area contributed by atoms with E-state index in [1.54, 1.807) is 0 Å². The summed E-state index contributed by atoms with van der Waals surface area (Å²) >= 11 is 4.00. The molecular formula is C27H52O3S2. The Labute approximate surface area is 208 Å². The molecule has 0 aromatic rings. The number of esters is 2. The topological polar surface area (TPSA) is 43.4 Å². The number of hydrogen-bond donors (Lipinski definition) is 0. The zero-order chi connectivity index (χ0) is 23.5. The molecule has 0 unspecified atom stereocenters. The minimum atomic E-state index is -0.336. The summed E-state index contributed by atoms with van der Waals surface area (Å²) < 4.78 is 4.95. The number of rotatable bonds is 25. The van der Waals surface area contributed by atoms with Crippen LogP contribution in [0.25, 0.3) is 0 Å². The van der Waals surface area contributed by atoms with Crippen molar-refractivity contribution in [3.63, 3.8) is 0 Å². The Hall–Kier alpha value is -0.160. The van der Waals surface area contributed by atoms with Crippen molar-refractivity contribution in [3.8, 4) is 0 Å². The van der Waals surface area contributed by atoms with Crippen molar-refractivity contribution in [1.29, 1.82) is 0 Å². The predicted molar refractivity (Wildman–Crippen MR) is 145 cm³/mol. The lowest BCUT2D eigenvalue weighted by molar-refractivity contribution is -0.159. The van der Waals surface area contributed by atoms with Gasteiger partial charge in [-0.15, -0.1) is 0 Å². The number of carbonyl (C=O) groups is 2. The SMILES string of the molecule is CCCSCCCCCCCCCCCCCC(=O)OC(=O)CCCCCCCCSC. The smallest absolute Gasteiger partial charge is 0.313 e. The van der Waals surface area contributed by atoms with Crippen LogP contribution < -0.4 is 0 Å². The number of thioether (sulfide) groups is 2. The molecular weight excluding hydrogens is 436 g/mol. The quantitative estimate of drug-likeness (QED) is 0.0728. The largest absolute Gasteiger partial charge is 0.393 e. The monoisotopic (exact) mass is 488 g/mol. The average Bonchev–Trinajstić information content (AvgIpc) is 2.78. The molecule has 0 aliphatic carbocycles. The first kappa shape index (κ1) is 31.8. The fourth-order valence-corrected chi connectivity index (χ4v) is 5.16. The lowest BCUT2D eigenvalue weighted by Crippen LogP contribution is -2.11. The van der Waals surface area contributed by atoms with Crippen LogP contribution >= 0.6 is 23.5 Å². The van der Waals surface area contributed by atoms with Crippen LogP contribution in [0, 0.1) is 0 Å². The second kappa shape index (κ2) is 27.1. The van der Waals surface area contributed by atoms with Gasteiger partial charge in [0.25, 0.3) is 0 Å². The van der Waals surface area contributed by atoms with E-state index in [2.05, 4.69) is 24.9 Å². The van der Waals surface area contributed by atoms with Gasteiger partial charge in [-0.1, -0.05) is 90.4 Å². The highest BCUT2D eigenvalue weighted by molar-refractivity contribution is 7.99. The van der Waals surface area contributed by atoms with Gasteiger partial charge in [0.05, 0.1) is 0 Å². The molecule has 0 amide bonds. The van der Waals surface area contributed by atoms with Crippen molar-refractivity contribution in [2.75, 3.05) is 23.5 Å². The molecule has 0 spiro atoms. The van der Waals surface area contributed by atoms with E-state index >= 15 is 0 Å². The first-order valence-corrected chi connectivity index (χ1v) is 16.1. The summed E-state index contributed by atoms with van der Waals surface area (Å²) in [5.41, 5.74) is 0. The van der Waals surface area contributed by atoms with Crippen molar-refractivity contribution < 1.29 is 14.3 Å². The van der Waals surface area contributed by atoms with Gasteiger partial charge in [0, 0.05) is 12.8 Å². The number of ether oxygens (including phenoxy) is 1. The zero-order valence-corrected chi connectivity index (χ0v) is 22.9. The molecule has 0 saturated carbocycles. The van der Waals surface area contributed by atoms with E-state index in [1.807, 2.05) is 11.8 Å². The van der Waals surface area contributed by atoms with Gasteiger partial charge in [-0.3, -0.25) is 9.59 Å². The third-order valence-corrected chi connectivity index (χ3v) is 7.70. The van der Waals surface area contributed by atoms with E-state index in [9.17, 15) is 9.59 Å². The van der Waals surface area contributed by atoms with Gasteiger partial charge in [0.15, 0.2) is 0 Å². The standard InChI is InChI=1S/C27H52O3S2/c1-3-23-32-25-20-16-11-8-6-4-5-7-9-13-17-21-26(28)30-27(29)22-18-14-10-12-15-19-24-31-2/h3-25H2,1-2H3. The van der Waals surface area contributed by atoms with E-state index in [-0.39, 0.29) is 11.9 Å². The summed E-state index contributed by atoms with van der Waals surface area (Å²) in [6.45, 7) is 2.25. The maximum Gasteiger partial charge on any atom is 0.313 e. The second-order valence-electron chi connectivity index (χ2n) is 8.96. The minimum Gasteiger partial charge on any atom is -0.393 e. The van der Waals surface area contributed by atoms with Gasteiger partial charge in [-0.2, -0.15) is 23.5 Å². The fourth-order valence-electron chi connectivity index (χ4n) is 3.76. The zero-order valence-electron chi connectivity index (χ0n) is 21.3. The Morgan fingerprint density at radius 3 is 1.31 bits per heavy atom. The van der Waals surface area contributed by atoms with Crippen molar-refractivity contribution in [2.24, 2.45) is 0 Å². The number of unbranched alkanes of at least 4 members (excludes halogenated alkanes) is 15. The Morgan fingerprint density at radius 2 is 0.906 bits per heavy atom. The third kappa shape index (κ3) is 26.1. The maximum atomic E-state index is 11.8. The normalized spacial score (nSPS) is 11.1. The molecule has 0 atom stereocenters. The molecule has 0 aliphatic rings. The van der Waals surface area contributed by atoms with E-state index in [1.165, 1.54) is 107 Å². The lowest BCUT2D eigenvalue weighted by Gasteiger charge is -2.05. The van der Waals surface area contributed by atoms with Crippen LogP contribution in [0.5, 0.6) is 0 Å². The second-order valence-corrected chi connectivity index (χ2v) is 11.2. The van der Waals surface area contributed by atoms with Crippen LogP contribution in [0.15, 0.2) is 0 Å². The summed E-state index contributed by atoms with van der Waals surface area (Å²) in [4.78, 5) is 23.5. The molecule has 0 aliphatic heterocycles. The van der Waals surface area contributed by atoms with E-state index in [0.717, 1.165) is 25.7 Å². The van der Waals surface area contributed by atoms with Gasteiger partial charge in [-0.25, -0.2) is 0 Å². The molecule has 32 heavy (non-hydrogen) atoms. The molecule has 0 aromatic carbocycles. The summed E-state index contributed by atoms with van der Waals surface area (Å²) in [6.07, 6.45) is 25.0. The van der Waals surface area contributed by atoms with Crippen molar-refractivity contribution in [3.05, 3.63) is 0 Å². The van der Waals surface area contributed by atoms with Gasteiger partial charge in [-0.05, 0) is 55.6 Å². The summed E-state index contributed by atoms with van der Waals surface area (Å²) in [7, 11) is 0. The Bertz CT molecular complexity index is 416. The van der Waals surface area contributed by atoms with E-state index in [4.69, 9.17) is 4.74 Å². The Morgan fingerprint density at radius 1 is 0.531 bits per heavy atom. The summed E-state index contributed by atoms with van der Waals surface area (Å²) in [6, 6.07) is 0. The van der Waals surface area contributed by atoms with Gasteiger partial charge in [0.1, 0.15) is 0 Å². The molecule has 0 N–H and O–H groups in total. The van der Waals surface area contributed by atoms with Crippen LogP contribution in [-0.2, 0) is 14.3 Å². The van der Waals surface area contributed by atoms with Gasteiger partial charge >= 0.3 is 11.9 Å². The van der Waals surface area contributed by atoms with Gasteiger partial charge < -0.3 is 4.74 Å². The van der Waals surface area contributed by atoms with Gasteiger partial charge in [0.2, 0.25) is 0 Å². The van der Waals surface area contributed by atoms with Crippen LogP contribution in [0.4, 0.5) is 0 Å². The summed E-state index contributed by atoms with van der Waals surface area (Å²) in [5.74, 6) is 3.23. The molecule has 0 radical (unpaired) electrons. The third-order valence-electron chi connectivity index (χ3n) is 5.73. The fraction of sp³-hybridized carbons (Fsp3) is 0.926. The molecule has 0 bridgehead atoms. The molecule has 0 aromatic heterocycles. The highest BCUT2D eigenvalue weighted by atomic mass is 32.2. The average molecular weight is 489 g/mol. The van der Waals surface area contributed by atoms with Crippen LogP contribution in [0.3, 0.4) is 0 Å². The molecule has 5 heteroatoms.